The summed E-state index contributed by atoms with van der Waals surface area (Å²) >= 11 is 0. The fraction of sp³-hybridized carbons (Fsp3) is 0.0714. The predicted octanol–water partition coefficient (Wildman–Crippen LogP) is 3.70. The molecule has 0 atom stereocenters. The summed E-state index contributed by atoms with van der Waals surface area (Å²) < 4.78 is 0. The maximum atomic E-state index is 4.17. The molecule has 0 aliphatic heterocycles. The van der Waals surface area contributed by atoms with E-state index in [1.807, 2.05) is 36.7 Å². The van der Waals surface area contributed by atoms with E-state index in [2.05, 4.69) is 30.6 Å². The molecule has 0 N–H and O–H groups in total. The molecule has 0 saturated heterocycles. The highest BCUT2D eigenvalue weighted by Gasteiger charge is 2.05. The van der Waals surface area contributed by atoms with Crippen LogP contribution in [0.2, 0.25) is 0 Å². The number of rotatable bonds is 2. The van der Waals surface area contributed by atoms with Gasteiger partial charge in [0.15, 0.2) is 0 Å². The van der Waals surface area contributed by atoms with Gasteiger partial charge in [-0.15, -0.1) is 0 Å². The summed E-state index contributed by atoms with van der Waals surface area (Å²) in [6.45, 7) is 5.89. The van der Waals surface area contributed by atoms with Crippen molar-refractivity contribution < 1.29 is 0 Å². The summed E-state index contributed by atoms with van der Waals surface area (Å²) in [6.07, 6.45) is 5.58. The lowest BCUT2D eigenvalue weighted by Gasteiger charge is -2.08. The summed E-state index contributed by atoms with van der Waals surface area (Å²) in [4.78, 5) is 4.17. The van der Waals surface area contributed by atoms with Crippen molar-refractivity contribution in [3.63, 3.8) is 0 Å². The van der Waals surface area contributed by atoms with Crippen molar-refractivity contribution in [2.24, 2.45) is 0 Å². The van der Waals surface area contributed by atoms with Gasteiger partial charge in [0.1, 0.15) is 0 Å². The van der Waals surface area contributed by atoms with Crippen molar-refractivity contribution in [3.8, 4) is 11.1 Å². The van der Waals surface area contributed by atoms with Crippen LogP contribution in [0.3, 0.4) is 0 Å². The highest BCUT2D eigenvalue weighted by atomic mass is 14.6. The highest BCUT2D eigenvalue weighted by Crippen LogP contribution is 2.26. The Balaban J connectivity index is 2.66. The number of aryl methyl sites for hydroxylation is 1. The van der Waals surface area contributed by atoms with E-state index in [0.29, 0.717) is 0 Å². The molecule has 0 bridgehead atoms. The van der Waals surface area contributed by atoms with E-state index in [1.165, 1.54) is 16.7 Å². The van der Waals surface area contributed by atoms with Gasteiger partial charge < -0.3 is 0 Å². The third-order valence-corrected chi connectivity index (χ3v) is 2.45. The van der Waals surface area contributed by atoms with Crippen LogP contribution in [0.4, 0.5) is 0 Å². The van der Waals surface area contributed by atoms with Crippen molar-refractivity contribution in [3.05, 3.63) is 60.4 Å². The molecular weight excluding hydrogens is 182 g/mol. The number of nitrogens with zero attached hydrogens (tertiary/aromatic N) is 1. The molecule has 1 aromatic heterocycles. The van der Waals surface area contributed by atoms with Crippen molar-refractivity contribution in [1.29, 1.82) is 0 Å². The quantitative estimate of drug-likeness (QED) is 0.712. The Morgan fingerprint density at radius 2 is 1.87 bits per heavy atom. The third kappa shape index (κ3) is 1.82. The first-order chi connectivity index (χ1) is 7.33. The number of aromatic nitrogens is 1. The number of pyridine rings is 1. The Morgan fingerprint density at radius 1 is 1.13 bits per heavy atom. The summed E-state index contributed by atoms with van der Waals surface area (Å²) in [6, 6.07) is 10.3. The van der Waals surface area contributed by atoms with Gasteiger partial charge in [0.05, 0.1) is 0 Å². The van der Waals surface area contributed by atoms with Gasteiger partial charge in [-0.2, -0.15) is 0 Å². The van der Waals surface area contributed by atoms with E-state index in [9.17, 15) is 0 Å². The molecule has 2 rings (SSSR count). The molecule has 1 aromatic carbocycles. The van der Waals surface area contributed by atoms with Gasteiger partial charge in [0, 0.05) is 18.0 Å². The average molecular weight is 195 g/mol. The zero-order valence-corrected chi connectivity index (χ0v) is 8.77. The van der Waals surface area contributed by atoms with Gasteiger partial charge in [-0.3, -0.25) is 4.98 Å². The smallest absolute Gasteiger partial charge is 0.0346 e. The van der Waals surface area contributed by atoms with Crippen molar-refractivity contribution >= 4 is 6.08 Å². The SMILES string of the molecule is C=Cc1cncc(C)c1-c1ccccc1. The van der Waals surface area contributed by atoms with E-state index in [0.717, 1.165) is 5.56 Å². The lowest BCUT2D eigenvalue weighted by molar-refractivity contribution is 1.26. The molecule has 0 fully saturated rings. The molecule has 1 heterocycles. The molecule has 15 heavy (non-hydrogen) atoms. The first-order valence-electron chi connectivity index (χ1n) is 4.95. The van der Waals surface area contributed by atoms with Crippen LogP contribution in [-0.2, 0) is 0 Å². The minimum Gasteiger partial charge on any atom is -0.264 e. The molecule has 74 valence electrons. The monoisotopic (exact) mass is 195 g/mol. The van der Waals surface area contributed by atoms with Crippen molar-refractivity contribution in [2.75, 3.05) is 0 Å². The van der Waals surface area contributed by atoms with E-state index in [1.54, 1.807) is 0 Å². The van der Waals surface area contributed by atoms with E-state index in [4.69, 9.17) is 0 Å². The highest BCUT2D eigenvalue weighted by molar-refractivity contribution is 5.76. The summed E-state index contributed by atoms with van der Waals surface area (Å²) in [5.74, 6) is 0. The second-order valence-electron chi connectivity index (χ2n) is 3.49. The normalized spacial score (nSPS) is 9.93. The van der Waals surface area contributed by atoms with Gasteiger partial charge in [0.2, 0.25) is 0 Å². The molecule has 0 spiro atoms. The third-order valence-electron chi connectivity index (χ3n) is 2.45. The molecule has 0 radical (unpaired) electrons. The first kappa shape index (κ1) is 9.66. The summed E-state index contributed by atoms with van der Waals surface area (Å²) in [5.41, 5.74) is 4.70. The zero-order chi connectivity index (χ0) is 10.7. The van der Waals surface area contributed by atoms with Crippen LogP contribution in [0.1, 0.15) is 11.1 Å². The summed E-state index contributed by atoms with van der Waals surface area (Å²) in [7, 11) is 0. The minimum absolute atomic E-state index is 1.08. The molecule has 1 nitrogen and oxygen atoms in total. The van der Waals surface area contributed by atoms with Gasteiger partial charge in [-0.25, -0.2) is 0 Å². The van der Waals surface area contributed by atoms with Crippen LogP contribution in [-0.4, -0.2) is 4.98 Å². The van der Waals surface area contributed by atoms with Crippen molar-refractivity contribution in [2.45, 2.75) is 6.92 Å². The van der Waals surface area contributed by atoms with E-state index < -0.39 is 0 Å². The zero-order valence-electron chi connectivity index (χ0n) is 8.77. The van der Waals surface area contributed by atoms with Crippen LogP contribution in [0.15, 0.2) is 49.3 Å². The van der Waals surface area contributed by atoms with Crippen LogP contribution >= 0.6 is 0 Å². The second kappa shape index (κ2) is 4.09. The number of hydrogen-bond acceptors (Lipinski definition) is 1. The van der Waals surface area contributed by atoms with Gasteiger partial charge in [0.25, 0.3) is 0 Å². The Bertz CT molecular complexity index is 472. The van der Waals surface area contributed by atoms with Gasteiger partial charge in [-0.05, 0) is 23.6 Å². The van der Waals surface area contributed by atoms with Crippen LogP contribution in [0.25, 0.3) is 17.2 Å². The Kier molecular flexibility index (Phi) is 2.64. The maximum Gasteiger partial charge on any atom is 0.0346 e. The number of benzene rings is 1. The fourth-order valence-electron chi connectivity index (χ4n) is 1.74. The molecule has 2 aromatic rings. The fourth-order valence-corrected chi connectivity index (χ4v) is 1.74. The lowest BCUT2D eigenvalue weighted by Crippen LogP contribution is -1.89. The van der Waals surface area contributed by atoms with Crippen molar-refractivity contribution in [1.82, 2.24) is 4.98 Å². The van der Waals surface area contributed by atoms with Gasteiger partial charge >= 0.3 is 0 Å². The Labute approximate surface area is 90.1 Å². The maximum absolute atomic E-state index is 4.17. The topological polar surface area (TPSA) is 12.9 Å². The Morgan fingerprint density at radius 3 is 2.53 bits per heavy atom. The number of hydrogen-bond donors (Lipinski definition) is 0. The predicted molar refractivity (Wildman–Crippen MR) is 64.5 cm³/mol. The largest absolute Gasteiger partial charge is 0.264 e. The molecule has 0 aliphatic carbocycles. The molecule has 0 amide bonds. The molecular formula is C14H13N. The molecule has 1 heteroatoms. The van der Waals surface area contributed by atoms with Crippen LogP contribution < -0.4 is 0 Å². The van der Waals surface area contributed by atoms with Gasteiger partial charge in [-0.1, -0.05) is 43.0 Å². The molecule has 0 aliphatic rings. The molecule has 0 saturated carbocycles. The van der Waals surface area contributed by atoms with E-state index >= 15 is 0 Å². The lowest BCUT2D eigenvalue weighted by atomic mass is 9.98. The van der Waals surface area contributed by atoms with Crippen LogP contribution in [0.5, 0.6) is 0 Å². The second-order valence-corrected chi connectivity index (χ2v) is 3.49. The first-order valence-corrected chi connectivity index (χ1v) is 4.95. The average Bonchev–Trinajstić information content (AvgIpc) is 2.29. The summed E-state index contributed by atoms with van der Waals surface area (Å²) in [5, 5.41) is 0. The molecule has 0 unspecified atom stereocenters. The van der Waals surface area contributed by atoms with E-state index in [-0.39, 0.29) is 0 Å². The standard InChI is InChI=1S/C14H13N/c1-3-12-10-15-9-11(2)14(12)13-7-5-4-6-8-13/h3-10H,1H2,2H3. The minimum atomic E-state index is 1.08. The van der Waals surface area contributed by atoms with Crippen LogP contribution in [0, 0.1) is 6.92 Å². The Hall–Kier alpha value is -1.89.